The molecule has 1 aromatic carbocycles. The smallest absolute Gasteiger partial charge is 0.0883 e. The Morgan fingerprint density at radius 1 is 0.943 bits per heavy atom. The lowest BCUT2D eigenvalue weighted by molar-refractivity contribution is -0.165. The van der Waals surface area contributed by atoms with Gasteiger partial charge in [0, 0.05) is 18.7 Å². The Kier molecular flexibility index (Phi) is 7.18. The summed E-state index contributed by atoms with van der Waals surface area (Å²) in [5.74, 6) is 4.05. The van der Waals surface area contributed by atoms with Crippen LogP contribution in [0.25, 0.3) is 0 Å². The summed E-state index contributed by atoms with van der Waals surface area (Å²) in [5.41, 5.74) is 1.69. The molecule has 4 aliphatic carbocycles. The molecule has 0 aliphatic heterocycles. The highest BCUT2D eigenvalue weighted by molar-refractivity contribution is 5.19. The van der Waals surface area contributed by atoms with Crippen molar-refractivity contribution < 1.29 is 9.84 Å². The Morgan fingerprint density at radius 2 is 1.69 bits per heavy atom. The lowest BCUT2D eigenvalue weighted by Gasteiger charge is -2.62. The summed E-state index contributed by atoms with van der Waals surface area (Å²) in [6.45, 7) is 13.3. The number of hydrogen-bond acceptors (Lipinski definition) is 3. The molecule has 1 aromatic rings. The molecule has 4 aliphatic rings. The fourth-order valence-corrected chi connectivity index (χ4v) is 9.96. The third kappa shape index (κ3) is 4.53. The quantitative estimate of drug-likeness (QED) is 0.434. The van der Waals surface area contributed by atoms with Crippen molar-refractivity contribution in [1.29, 1.82) is 0 Å². The van der Waals surface area contributed by atoms with Gasteiger partial charge >= 0.3 is 0 Å². The molecular weight excluding hydrogens is 430 g/mol. The normalized spacial score (nSPS) is 44.7. The van der Waals surface area contributed by atoms with Gasteiger partial charge in [-0.3, -0.25) is 0 Å². The van der Waals surface area contributed by atoms with Crippen molar-refractivity contribution in [2.24, 2.45) is 40.4 Å². The van der Waals surface area contributed by atoms with Crippen LogP contribution in [0.15, 0.2) is 30.3 Å². The number of fused-ring (bicyclic) bond motifs is 5. The maximum atomic E-state index is 11.3. The molecule has 4 fully saturated rings. The highest BCUT2D eigenvalue weighted by Crippen LogP contribution is 2.68. The van der Waals surface area contributed by atoms with Gasteiger partial charge in [0.1, 0.15) is 0 Å². The summed E-state index contributed by atoms with van der Waals surface area (Å²) in [4.78, 5) is 0. The van der Waals surface area contributed by atoms with Gasteiger partial charge < -0.3 is 15.2 Å². The largest absolute Gasteiger partial charge is 0.387 e. The van der Waals surface area contributed by atoms with Gasteiger partial charge in [0.2, 0.25) is 0 Å². The van der Waals surface area contributed by atoms with Crippen LogP contribution in [0.1, 0.15) is 104 Å². The number of benzene rings is 1. The maximum Gasteiger partial charge on any atom is 0.0883 e. The Bertz CT molecular complexity index is 858. The summed E-state index contributed by atoms with van der Waals surface area (Å²) in [7, 11) is 0. The molecule has 3 heteroatoms. The van der Waals surface area contributed by atoms with Gasteiger partial charge in [-0.1, -0.05) is 44.2 Å². The lowest BCUT2D eigenvalue weighted by atomic mass is 9.43. The second-order valence-electron chi connectivity index (χ2n) is 13.5. The van der Waals surface area contributed by atoms with Crippen LogP contribution in [0, 0.1) is 40.4 Å². The molecule has 0 bridgehead atoms. The molecule has 0 heterocycles. The number of aliphatic hydroxyl groups is 1. The van der Waals surface area contributed by atoms with Crippen molar-refractivity contribution in [2.45, 2.75) is 110 Å². The first kappa shape index (κ1) is 25.7. The second kappa shape index (κ2) is 9.76. The molecule has 196 valence electrons. The molecule has 0 radical (unpaired) electrons. The Morgan fingerprint density at radius 3 is 2.43 bits per heavy atom. The molecular formula is C32H51NO2. The minimum Gasteiger partial charge on any atom is -0.387 e. The molecule has 35 heavy (non-hydrogen) atoms. The summed E-state index contributed by atoms with van der Waals surface area (Å²) in [5, 5.41) is 15.3. The molecule has 4 saturated carbocycles. The number of nitrogens with one attached hydrogen (secondary N) is 1. The zero-order valence-corrected chi connectivity index (χ0v) is 23.1. The number of rotatable bonds is 7. The van der Waals surface area contributed by atoms with Crippen molar-refractivity contribution in [1.82, 2.24) is 5.32 Å². The third-order valence-corrected chi connectivity index (χ3v) is 11.9. The first-order valence-electron chi connectivity index (χ1n) is 14.8. The SMILES string of the molecule is CCOC[C@@]1(O)CC[C@@]2(C)[C@H](CC[C@@H]3[C@@H]2CC[C@]2(C)[C@@H]([C@@H](C)N[C@H](C)c4ccccc4)CC[C@@H]32)C1. The molecule has 0 saturated heterocycles. The zero-order chi connectivity index (χ0) is 24.8. The minimum atomic E-state index is -0.592. The third-order valence-electron chi connectivity index (χ3n) is 11.9. The van der Waals surface area contributed by atoms with E-state index in [1.807, 2.05) is 6.92 Å². The van der Waals surface area contributed by atoms with Gasteiger partial charge in [0.15, 0.2) is 0 Å². The predicted molar refractivity (Wildman–Crippen MR) is 144 cm³/mol. The van der Waals surface area contributed by atoms with E-state index in [-0.39, 0.29) is 0 Å². The van der Waals surface area contributed by atoms with Crippen LogP contribution in [-0.2, 0) is 4.74 Å². The monoisotopic (exact) mass is 481 g/mol. The van der Waals surface area contributed by atoms with Gasteiger partial charge in [-0.2, -0.15) is 0 Å². The van der Waals surface area contributed by atoms with Crippen molar-refractivity contribution in [3.63, 3.8) is 0 Å². The highest BCUT2D eigenvalue weighted by Gasteiger charge is 2.61. The lowest BCUT2D eigenvalue weighted by Crippen LogP contribution is -2.57. The molecule has 0 amide bonds. The van der Waals surface area contributed by atoms with E-state index < -0.39 is 5.60 Å². The van der Waals surface area contributed by atoms with Crippen LogP contribution in [-0.4, -0.2) is 30.0 Å². The van der Waals surface area contributed by atoms with E-state index in [0.717, 1.165) is 36.5 Å². The summed E-state index contributed by atoms with van der Waals surface area (Å²) >= 11 is 0. The maximum absolute atomic E-state index is 11.3. The first-order chi connectivity index (χ1) is 16.7. The van der Waals surface area contributed by atoms with Crippen molar-refractivity contribution in [3.05, 3.63) is 35.9 Å². The standard InChI is InChI=1S/C32H51NO2/c1-6-35-21-32(34)19-18-30(4)25(20-32)12-13-26-28-15-14-27(31(28,5)17-16-29(26)30)23(3)33-22(2)24-10-8-7-9-11-24/h7-11,22-23,25-29,33-34H,6,12-21H2,1-5H3/t22-,23-,25-,26+,27-,28+,29+,30+,31-,32-/m1/s1. The Labute approximate surface area is 214 Å². The van der Waals surface area contributed by atoms with Gasteiger partial charge in [0.05, 0.1) is 12.2 Å². The van der Waals surface area contributed by atoms with Crippen LogP contribution in [0.2, 0.25) is 0 Å². The van der Waals surface area contributed by atoms with Crippen molar-refractivity contribution in [2.75, 3.05) is 13.2 Å². The predicted octanol–water partition coefficient (Wildman–Crippen LogP) is 7.15. The number of ether oxygens (including phenoxy) is 1. The van der Waals surface area contributed by atoms with Gasteiger partial charge in [0.25, 0.3) is 0 Å². The van der Waals surface area contributed by atoms with Crippen LogP contribution in [0.3, 0.4) is 0 Å². The molecule has 2 N–H and O–H groups in total. The van der Waals surface area contributed by atoms with Gasteiger partial charge in [-0.25, -0.2) is 0 Å². The summed E-state index contributed by atoms with van der Waals surface area (Å²) in [6, 6.07) is 11.9. The van der Waals surface area contributed by atoms with Crippen molar-refractivity contribution >= 4 is 0 Å². The first-order valence-corrected chi connectivity index (χ1v) is 14.8. The Balaban J connectivity index is 1.27. The van der Waals surface area contributed by atoms with Crippen LogP contribution >= 0.6 is 0 Å². The molecule has 10 atom stereocenters. The van der Waals surface area contributed by atoms with E-state index >= 15 is 0 Å². The van der Waals surface area contributed by atoms with Crippen LogP contribution < -0.4 is 5.32 Å². The minimum absolute atomic E-state index is 0.400. The number of hydrogen-bond donors (Lipinski definition) is 2. The molecule has 0 aromatic heterocycles. The second-order valence-corrected chi connectivity index (χ2v) is 13.5. The van der Waals surface area contributed by atoms with Crippen LogP contribution in [0.4, 0.5) is 0 Å². The van der Waals surface area contributed by atoms with E-state index in [1.165, 1.54) is 50.5 Å². The van der Waals surface area contributed by atoms with Gasteiger partial charge in [-0.05, 0) is 125 Å². The highest BCUT2D eigenvalue weighted by atomic mass is 16.5. The molecule has 5 rings (SSSR count). The van der Waals surface area contributed by atoms with E-state index in [1.54, 1.807) is 0 Å². The van der Waals surface area contributed by atoms with E-state index in [9.17, 15) is 5.11 Å². The molecule has 0 unspecified atom stereocenters. The summed E-state index contributed by atoms with van der Waals surface area (Å²) in [6.07, 6.45) is 11.3. The van der Waals surface area contributed by atoms with E-state index in [0.29, 0.717) is 42.0 Å². The average molecular weight is 482 g/mol. The van der Waals surface area contributed by atoms with Gasteiger partial charge in [-0.15, -0.1) is 0 Å². The fourth-order valence-electron chi connectivity index (χ4n) is 9.96. The van der Waals surface area contributed by atoms with Crippen LogP contribution in [0.5, 0.6) is 0 Å². The average Bonchev–Trinajstić information content (AvgIpc) is 3.21. The summed E-state index contributed by atoms with van der Waals surface area (Å²) < 4.78 is 5.70. The van der Waals surface area contributed by atoms with E-state index in [4.69, 9.17) is 4.74 Å². The fraction of sp³-hybridized carbons (Fsp3) is 0.812. The topological polar surface area (TPSA) is 41.5 Å². The molecule has 0 spiro atoms. The Hall–Kier alpha value is -0.900. The van der Waals surface area contributed by atoms with Crippen molar-refractivity contribution in [3.8, 4) is 0 Å². The zero-order valence-electron chi connectivity index (χ0n) is 23.1. The molecule has 3 nitrogen and oxygen atoms in total. The van der Waals surface area contributed by atoms with E-state index in [2.05, 4.69) is 63.3 Å².